The standard InChI is InChI=1S/C36H26N2/c1-2-10-26(11-3-1)31-12-4-5-13-32(31)27-18-20-28(21-19-27)37-29-22-24-30(25-23-29)38-35-16-8-6-14-33(35)34-15-7-9-17-36(34)38/h1-25,37H. The van der Waals surface area contributed by atoms with Gasteiger partial charge in [-0.3, -0.25) is 0 Å². The highest BCUT2D eigenvalue weighted by Gasteiger charge is 2.11. The Balaban J connectivity index is 1.16. The SMILES string of the molecule is c1ccc(-c2ccccc2-c2ccc(Nc3ccc(-n4c5ccccc5c5ccccc54)cc3)cc2)cc1. The first-order valence-electron chi connectivity index (χ1n) is 13.0. The van der Waals surface area contributed by atoms with Gasteiger partial charge in [0, 0.05) is 27.8 Å². The molecule has 0 saturated heterocycles. The highest BCUT2D eigenvalue weighted by molar-refractivity contribution is 6.09. The number of fused-ring (bicyclic) bond motifs is 3. The van der Waals surface area contributed by atoms with Crippen LogP contribution in [0.4, 0.5) is 11.4 Å². The first-order valence-corrected chi connectivity index (χ1v) is 13.0. The number of nitrogens with one attached hydrogen (secondary N) is 1. The molecule has 0 spiro atoms. The quantitative estimate of drug-likeness (QED) is 0.256. The maximum Gasteiger partial charge on any atom is 0.0541 e. The Morgan fingerprint density at radius 3 is 1.39 bits per heavy atom. The fraction of sp³-hybridized carbons (Fsp3) is 0. The van der Waals surface area contributed by atoms with Gasteiger partial charge < -0.3 is 9.88 Å². The minimum atomic E-state index is 1.06. The molecule has 0 amide bonds. The molecule has 0 fully saturated rings. The second kappa shape index (κ2) is 9.42. The lowest BCUT2D eigenvalue weighted by molar-refractivity contribution is 1.18. The molecule has 7 rings (SSSR count). The smallest absolute Gasteiger partial charge is 0.0541 e. The van der Waals surface area contributed by atoms with Crippen LogP contribution in [0, 0.1) is 0 Å². The minimum Gasteiger partial charge on any atom is -0.356 e. The predicted octanol–water partition coefficient (Wildman–Crippen LogP) is 9.86. The zero-order valence-electron chi connectivity index (χ0n) is 20.9. The van der Waals surface area contributed by atoms with E-state index in [9.17, 15) is 0 Å². The molecule has 0 unspecified atom stereocenters. The van der Waals surface area contributed by atoms with Crippen LogP contribution in [0.3, 0.4) is 0 Å². The summed E-state index contributed by atoms with van der Waals surface area (Å²) >= 11 is 0. The van der Waals surface area contributed by atoms with Crippen LogP contribution in [0.15, 0.2) is 152 Å². The van der Waals surface area contributed by atoms with Crippen LogP contribution in [0.1, 0.15) is 0 Å². The topological polar surface area (TPSA) is 17.0 Å². The third-order valence-electron chi connectivity index (χ3n) is 7.20. The fourth-order valence-corrected chi connectivity index (χ4v) is 5.40. The summed E-state index contributed by atoms with van der Waals surface area (Å²) in [6.45, 7) is 0. The number of hydrogen-bond acceptors (Lipinski definition) is 1. The van der Waals surface area contributed by atoms with Crippen molar-refractivity contribution in [2.45, 2.75) is 0 Å². The Bertz CT molecular complexity index is 1810. The number of benzene rings is 6. The van der Waals surface area contributed by atoms with Gasteiger partial charge >= 0.3 is 0 Å². The van der Waals surface area contributed by atoms with Crippen LogP contribution in [-0.2, 0) is 0 Å². The van der Waals surface area contributed by atoms with E-state index in [1.165, 1.54) is 44.1 Å². The van der Waals surface area contributed by atoms with Gasteiger partial charge in [-0.2, -0.15) is 0 Å². The van der Waals surface area contributed by atoms with E-state index in [0.29, 0.717) is 0 Å². The third kappa shape index (κ3) is 3.93. The summed E-state index contributed by atoms with van der Waals surface area (Å²) < 4.78 is 2.34. The van der Waals surface area contributed by atoms with E-state index in [1.807, 2.05) is 0 Å². The van der Waals surface area contributed by atoms with Gasteiger partial charge in [-0.05, 0) is 70.8 Å². The van der Waals surface area contributed by atoms with Gasteiger partial charge in [-0.15, -0.1) is 0 Å². The molecule has 180 valence electrons. The molecule has 1 N–H and O–H groups in total. The molecule has 7 aromatic rings. The Hall–Kier alpha value is -5.08. The lowest BCUT2D eigenvalue weighted by Crippen LogP contribution is -1.95. The van der Waals surface area contributed by atoms with E-state index in [4.69, 9.17) is 0 Å². The van der Waals surface area contributed by atoms with Crippen molar-refractivity contribution in [2.75, 3.05) is 5.32 Å². The number of aromatic nitrogens is 1. The molecule has 0 aliphatic rings. The molecule has 2 heteroatoms. The molecular formula is C36H26N2. The summed E-state index contributed by atoms with van der Waals surface area (Å²) in [5.74, 6) is 0. The maximum absolute atomic E-state index is 3.57. The number of nitrogens with zero attached hydrogens (tertiary/aromatic N) is 1. The average Bonchev–Trinajstić information content (AvgIpc) is 3.33. The van der Waals surface area contributed by atoms with E-state index in [-0.39, 0.29) is 0 Å². The number of hydrogen-bond donors (Lipinski definition) is 1. The molecule has 0 bridgehead atoms. The summed E-state index contributed by atoms with van der Waals surface area (Å²) in [6, 6.07) is 53.7. The zero-order valence-corrected chi connectivity index (χ0v) is 20.9. The van der Waals surface area contributed by atoms with Gasteiger partial charge in [0.1, 0.15) is 0 Å². The van der Waals surface area contributed by atoms with E-state index in [1.54, 1.807) is 0 Å². The largest absolute Gasteiger partial charge is 0.356 e. The molecule has 0 aliphatic carbocycles. The Labute approximate surface area is 222 Å². The van der Waals surface area contributed by atoms with E-state index in [2.05, 4.69) is 162 Å². The molecule has 1 heterocycles. The lowest BCUT2D eigenvalue weighted by Gasteiger charge is -2.12. The van der Waals surface area contributed by atoms with Crippen LogP contribution in [0.5, 0.6) is 0 Å². The highest BCUT2D eigenvalue weighted by Crippen LogP contribution is 2.34. The Morgan fingerprint density at radius 1 is 0.368 bits per heavy atom. The van der Waals surface area contributed by atoms with Gasteiger partial charge in [0.2, 0.25) is 0 Å². The number of rotatable bonds is 5. The molecule has 0 atom stereocenters. The predicted molar refractivity (Wildman–Crippen MR) is 161 cm³/mol. The van der Waals surface area contributed by atoms with Crippen LogP contribution in [-0.4, -0.2) is 4.57 Å². The van der Waals surface area contributed by atoms with Crippen LogP contribution < -0.4 is 5.32 Å². The molecule has 0 aliphatic heterocycles. The minimum absolute atomic E-state index is 1.06. The van der Waals surface area contributed by atoms with Crippen molar-refractivity contribution in [2.24, 2.45) is 0 Å². The second-order valence-electron chi connectivity index (χ2n) is 9.53. The van der Waals surface area contributed by atoms with Gasteiger partial charge in [-0.25, -0.2) is 0 Å². The average molecular weight is 487 g/mol. The zero-order chi connectivity index (χ0) is 25.3. The first-order chi connectivity index (χ1) is 18.8. The summed E-state index contributed by atoms with van der Waals surface area (Å²) in [5.41, 5.74) is 10.6. The van der Waals surface area contributed by atoms with Crippen LogP contribution >= 0.6 is 0 Å². The fourth-order valence-electron chi connectivity index (χ4n) is 5.40. The van der Waals surface area contributed by atoms with Gasteiger partial charge in [0.25, 0.3) is 0 Å². The van der Waals surface area contributed by atoms with Crippen LogP contribution in [0.2, 0.25) is 0 Å². The van der Waals surface area contributed by atoms with Crippen molar-refractivity contribution in [1.82, 2.24) is 4.57 Å². The number of anilines is 2. The summed E-state index contributed by atoms with van der Waals surface area (Å²) in [6.07, 6.45) is 0. The highest BCUT2D eigenvalue weighted by atomic mass is 15.0. The van der Waals surface area contributed by atoms with E-state index < -0.39 is 0 Å². The van der Waals surface area contributed by atoms with Crippen molar-refractivity contribution in [3.63, 3.8) is 0 Å². The van der Waals surface area contributed by atoms with Crippen LogP contribution in [0.25, 0.3) is 49.7 Å². The van der Waals surface area contributed by atoms with Crippen molar-refractivity contribution >= 4 is 33.2 Å². The van der Waals surface area contributed by atoms with Gasteiger partial charge in [-0.1, -0.05) is 103 Å². The second-order valence-corrected chi connectivity index (χ2v) is 9.53. The monoisotopic (exact) mass is 486 g/mol. The third-order valence-corrected chi connectivity index (χ3v) is 7.20. The molecule has 0 saturated carbocycles. The first kappa shape index (κ1) is 22.1. The molecule has 6 aromatic carbocycles. The number of para-hydroxylation sites is 2. The van der Waals surface area contributed by atoms with Crippen molar-refractivity contribution in [3.05, 3.63) is 152 Å². The van der Waals surface area contributed by atoms with Crippen molar-refractivity contribution < 1.29 is 0 Å². The molecule has 2 nitrogen and oxygen atoms in total. The lowest BCUT2D eigenvalue weighted by atomic mass is 9.94. The Kier molecular flexibility index (Phi) is 5.49. The maximum atomic E-state index is 3.57. The van der Waals surface area contributed by atoms with E-state index in [0.717, 1.165) is 17.1 Å². The molecule has 38 heavy (non-hydrogen) atoms. The van der Waals surface area contributed by atoms with Crippen molar-refractivity contribution in [3.8, 4) is 27.9 Å². The molecular weight excluding hydrogens is 460 g/mol. The summed E-state index contributed by atoms with van der Waals surface area (Å²) in [7, 11) is 0. The Morgan fingerprint density at radius 2 is 0.816 bits per heavy atom. The summed E-state index contributed by atoms with van der Waals surface area (Å²) in [5, 5.41) is 6.12. The summed E-state index contributed by atoms with van der Waals surface area (Å²) in [4.78, 5) is 0. The van der Waals surface area contributed by atoms with Gasteiger partial charge in [0.05, 0.1) is 11.0 Å². The van der Waals surface area contributed by atoms with Crippen molar-refractivity contribution in [1.29, 1.82) is 0 Å². The van der Waals surface area contributed by atoms with Gasteiger partial charge in [0.15, 0.2) is 0 Å². The molecule has 0 radical (unpaired) electrons. The van der Waals surface area contributed by atoms with E-state index >= 15 is 0 Å². The molecule has 1 aromatic heterocycles. The normalized spacial score (nSPS) is 11.2.